The molecule has 1 aromatic carbocycles. The van der Waals surface area contributed by atoms with Crippen molar-refractivity contribution in [2.24, 2.45) is 0 Å². The summed E-state index contributed by atoms with van der Waals surface area (Å²) in [5.74, 6) is -0.593. The number of hydrogen-bond acceptors (Lipinski definition) is 2. The molecule has 1 N–H and O–H groups in total. The van der Waals surface area contributed by atoms with E-state index < -0.39 is 5.82 Å². The SMILES string of the molecule is CCN(CC)CC(=O)Nc1ccccc1F. The highest BCUT2D eigenvalue weighted by molar-refractivity contribution is 5.92. The number of para-hydroxylation sites is 1. The number of rotatable bonds is 5. The van der Waals surface area contributed by atoms with Crippen molar-refractivity contribution in [1.29, 1.82) is 0 Å². The Balaban J connectivity index is 2.55. The third-order valence-electron chi connectivity index (χ3n) is 2.41. The summed E-state index contributed by atoms with van der Waals surface area (Å²) in [5, 5.41) is 2.55. The summed E-state index contributed by atoms with van der Waals surface area (Å²) < 4.78 is 13.2. The van der Waals surface area contributed by atoms with Gasteiger partial charge in [0.2, 0.25) is 5.91 Å². The van der Waals surface area contributed by atoms with Crippen LogP contribution >= 0.6 is 0 Å². The number of carbonyl (C=O) groups excluding carboxylic acids is 1. The molecule has 0 radical (unpaired) electrons. The van der Waals surface area contributed by atoms with E-state index in [0.717, 1.165) is 13.1 Å². The van der Waals surface area contributed by atoms with E-state index in [-0.39, 0.29) is 11.6 Å². The monoisotopic (exact) mass is 224 g/mol. The first kappa shape index (κ1) is 12.6. The van der Waals surface area contributed by atoms with Crippen LogP contribution < -0.4 is 5.32 Å². The van der Waals surface area contributed by atoms with Crippen LogP contribution in [-0.2, 0) is 4.79 Å². The van der Waals surface area contributed by atoms with Gasteiger partial charge in [-0.1, -0.05) is 26.0 Å². The number of carbonyl (C=O) groups is 1. The molecule has 0 aliphatic rings. The van der Waals surface area contributed by atoms with Crippen molar-refractivity contribution in [2.45, 2.75) is 13.8 Å². The maximum Gasteiger partial charge on any atom is 0.238 e. The highest BCUT2D eigenvalue weighted by Gasteiger charge is 2.09. The van der Waals surface area contributed by atoms with Gasteiger partial charge in [-0.05, 0) is 25.2 Å². The molecule has 4 heteroatoms. The second-order valence-corrected chi connectivity index (χ2v) is 3.49. The van der Waals surface area contributed by atoms with Crippen molar-refractivity contribution in [2.75, 3.05) is 25.0 Å². The fraction of sp³-hybridized carbons (Fsp3) is 0.417. The predicted octanol–water partition coefficient (Wildman–Crippen LogP) is 2.11. The molecule has 3 nitrogen and oxygen atoms in total. The molecule has 88 valence electrons. The van der Waals surface area contributed by atoms with E-state index in [0.29, 0.717) is 6.54 Å². The molecule has 0 heterocycles. The van der Waals surface area contributed by atoms with Crippen LogP contribution in [0.4, 0.5) is 10.1 Å². The van der Waals surface area contributed by atoms with Gasteiger partial charge in [0.25, 0.3) is 0 Å². The van der Waals surface area contributed by atoms with Gasteiger partial charge in [-0.2, -0.15) is 0 Å². The molecule has 0 aliphatic carbocycles. The predicted molar refractivity (Wildman–Crippen MR) is 62.8 cm³/mol. The van der Waals surface area contributed by atoms with Gasteiger partial charge in [0.15, 0.2) is 0 Å². The largest absolute Gasteiger partial charge is 0.322 e. The molecule has 0 fully saturated rings. The molecule has 0 atom stereocenters. The number of likely N-dealkylation sites (N-methyl/N-ethyl adjacent to an activating group) is 1. The number of amides is 1. The minimum atomic E-state index is -0.407. The lowest BCUT2D eigenvalue weighted by molar-refractivity contribution is -0.117. The van der Waals surface area contributed by atoms with Crippen molar-refractivity contribution in [3.8, 4) is 0 Å². The second kappa shape index (κ2) is 6.23. The third kappa shape index (κ3) is 3.62. The van der Waals surface area contributed by atoms with E-state index in [4.69, 9.17) is 0 Å². The van der Waals surface area contributed by atoms with Gasteiger partial charge in [-0.15, -0.1) is 0 Å². The van der Waals surface area contributed by atoms with Gasteiger partial charge >= 0.3 is 0 Å². The van der Waals surface area contributed by atoms with Crippen LogP contribution in [0, 0.1) is 5.82 Å². The summed E-state index contributed by atoms with van der Waals surface area (Å²) in [6.45, 7) is 5.88. The molecule has 0 aliphatic heterocycles. The molecule has 0 saturated carbocycles. The molecule has 0 aromatic heterocycles. The maximum absolute atomic E-state index is 13.2. The third-order valence-corrected chi connectivity index (χ3v) is 2.41. The van der Waals surface area contributed by atoms with Crippen LogP contribution in [-0.4, -0.2) is 30.4 Å². The van der Waals surface area contributed by atoms with Crippen molar-refractivity contribution >= 4 is 11.6 Å². The maximum atomic E-state index is 13.2. The van der Waals surface area contributed by atoms with Crippen LogP contribution in [0.25, 0.3) is 0 Å². The summed E-state index contributed by atoms with van der Waals surface area (Å²) in [5.41, 5.74) is 0.236. The van der Waals surface area contributed by atoms with Gasteiger partial charge in [0.1, 0.15) is 5.82 Å². The lowest BCUT2D eigenvalue weighted by Gasteiger charge is -2.17. The summed E-state index contributed by atoms with van der Waals surface area (Å²) in [6.07, 6.45) is 0. The topological polar surface area (TPSA) is 32.3 Å². The fourth-order valence-corrected chi connectivity index (χ4v) is 1.40. The molecular formula is C12H17FN2O. The number of benzene rings is 1. The number of hydrogen-bond donors (Lipinski definition) is 1. The zero-order valence-corrected chi connectivity index (χ0v) is 9.66. The van der Waals surface area contributed by atoms with Crippen LogP contribution in [0.15, 0.2) is 24.3 Å². The first-order chi connectivity index (χ1) is 7.67. The molecular weight excluding hydrogens is 207 g/mol. The van der Waals surface area contributed by atoms with Crippen molar-refractivity contribution < 1.29 is 9.18 Å². The van der Waals surface area contributed by atoms with Gasteiger partial charge in [0.05, 0.1) is 12.2 Å². The smallest absolute Gasteiger partial charge is 0.238 e. The van der Waals surface area contributed by atoms with E-state index in [9.17, 15) is 9.18 Å². The number of halogens is 1. The normalized spacial score (nSPS) is 10.5. The Kier molecular flexibility index (Phi) is 4.92. The second-order valence-electron chi connectivity index (χ2n) is 3.49. The van der Waals surface area contributed by atoms with Crippen LogP contribution in [0.3, 0.4) is 0 Å². The molecule has 0 bridgehead atoms. The van der Waals surface area contributed by atoms with E-state index in [1.165, 1.54) is 6.07 Å². The lowest BCUT2D eigenvalue weighted by atomic mass is 10.3. The zero-order chi connectivity index (χ0) is 12.0. The number of nitrogens with one attached hydrogen (secondary N) is 1. The summed E-state index contributed by atoms with van der Waals surface area (Å²) in [4.78, 5) is 13.5. The quantitative estimate of drug-likeness (QED) is 0.830. The highest BCUT2D eigenvalue weighted by Crippen LogP contribution is 2.11. The molecule has 0 saturated heterocycles. The molecule has 0 spiro atoms. The van der Waals surface area contributed by atoms with E-state index in [1.807, 2.05) is 18.7 Å². The van der Waals surface area contributed by atoms with Gasteiger partial charge < -0.3 is 5.32 Å². The Morgan fingerprint density at radius 2 is 1.94 bits per heavy atom. The Labute approximate surface area is 95.3 Å². The first-order valence-electron chi connectivity index (χ1n) is 5.44. The average molecular weight is 224 g/mol. The lowest BCUT2D eigenvalue weighted by Crippen LogP contribution is -2.33. The Bertz CT molecular complexity index is 351. The van der Waals surface area contributed by atoms with Crippen LogP contribution in [0.1, 0.15) is 13.8 Å². The summed E-state index contributed by atoms with van der Waals surface area (Å²) >= 11 is 0. The molecule has 16 heavy (non-hydrogen) atoms. The zero-order valence-electron chi connectivity index (χ0n) is 9.66. The minimum Gasteiger partial charge on any atom is -0.322 e. The Hall–Kier alpha value is -1.42. The van der Waals surface area contributed by atoms with E-state index in [2.05, 4.69) is 5.32 Å². The van der Waals surface area contributed by atoms with Crippen molar-refractivity contribution in [3.05, 3.63) is 30.1 Å². The van der Waals surface area contributed by atoms with Crippen LogP contribution in [0.5, 0.6) is 0 Å². The minimum absolute atomic E-state index is 0.186. The van der Waals surface area contributed by atoms with E-state index >= 15 is 0 Å². The summed E-state index contributed by atoms with van der Waals surface area (Å²) in [7, 11) is 0. The molecule has 1 aromatic rings. The Morgan fingerprint density at radius 1 is 1.31 bits per heavy atom. The highest BCUT2D eigenvalue weighted by atomic mass is 19.1. The number of anilines is 1. The molecule has 1 rings (SSSR count). The molecule has 1 amide bonds. The molecule has 0 unspecified atom stereocenters. The van der Waals surface area contributed by atoms with Crippen molar-refractivity contribution in [3.63, 3.8) is 0 Å². The van der Waals surface area contributed by atoms with Crippen LogP contribution in [0.2, 0.25) is 0 Å². The van der Waals surface area contributed by atoms with Gasteiger partial charge in [-0.25, -0.2) is 4.39 Å². The van der Waals surface area contributed by atoms with Crippen molar-refractivity contribution in [1.82, 2.24) is 4.90 Å². The summed E-state index contributed by atoms with van der Waals surface area (Å²) in [6, 6.07) is 6.16. The van der Waals surface area contributed by atoms with E-state index in [1.54, 1.807) is 18.2 Å². The van der Waals surface area contributed by atoms with Gasteiger partial charge in [-0.3, -0.25) is 9.69 Å². The first-order valence-corrected chi connectivity index (χ1v) is 5.44. The average Bonchev–Trinajstić information content (AvgIpc) is 2.29. The standard InChI is InChI=1S/C12H17FN2O/c1-3-15(4-2)9-12(16)14-11-8-6-5-7-10(11)13/h5-8H,3-4,9H2,1-2H3,(H,14,16). The van der Waals surface area contributed by atoms with Gasteiger partial charge in [0, 0.05) is 0 Å². The fourth-order valence-electron chi connectivity index (χ4n) is 1.40. The Morgan fingerprint density at radius 3 is 2.50 bits per heavy atom. The number of nitrogens with zero attached hydrogens (tertiary/aromatic N) is 1.